The number of primary amides is 1. The molecule has 2 aromatic rings. The molecule has 0 radical (unpaired) electrons. The number of benzene rings is 2. The van der Waals surface area contributed by atoms with E-state index in [1.54, 1.807) is 80.9 Å². The molecule has 2 aromatic carbocycles. The number of likely N-dealkylation sites (tertiary alicyclic amines) is 1. The highest BCUT2D eigenvalue weighted by Crippen LogP contribution is 2.30. The summed E-state index contributed by atoms with van der Waals surface area (Å²) in [6.07, 6.45) is 3.15. The lowest BCUT2D eigenvalue weighted by Crippen LogP contribution is -2.55. The second-order valence-electron chi connectivity index (χ2n) is 23.4. The van der Waals surface area contributed by atoms with Gasteiger partial charge in [0.25, 0.3) is 0 Å². The summed E-state index contributed by atoms with van der Waals surface area (Å²) in [4.78, 5) is 123. The van der Waals surface area contributed by atoms with Crippen LogP contribution in [0.4, 0.5) is 15.3 Å². The van der Waals surface area contributed by atoms with Crippen LogP contribution in [-0.4, -0.2) is 182 Å². The lowest BCUT2D eigenvalue weighted by Gasteiger charge is -2.39. The Kier molecular flexibility index (Phi) is 40.3. The van der Waals surface area contributed by atoms with Gasteiger partial charge in [-0.1, -0.05) is 138 Å². The number of alkyl carbamates (subject to hydrolysis) is 1. The van der Waals surface area contributed by atoms with E-state index >= 15 is 0 Å². The van der Waals surface area contributed by atoms with E-state index in [9.17, 15) is 48.3 Å². The summed E-state index contributed by atoms with van der Waals surface area (Å²) < 4.78 is 17.1. The minimum atomic E-state index is -1.17. The molecule has 1 heterocycles. The molecule has 9 atom stereocenters. The van der Waals surface area contributed by atoms with Crippen molar-refractivity contribution in [1.82, 2.24) is 41.3 Å². The number of carboxylic acid groups (broad SMARTS) is 1. The number of ether oxygens (including phenoxy) is 3. The van der Waals surface area contributed by atoms with Crippen molar-refractivity contribution in [3.8, 4) is 0 Å². The first-order valence-corrected chi connectivity index (χ1v) is 31.4. The molecular formula is C65H112N10O13. The van der Waals surface area contributed by atoms with Crippen LogP contribution in [-0.2, 0) is 60.6 Å². The Morgan fingerprint density at radius 2 is 1.36 bits per heavy atom. The topological polar surface area (TPSA) is 309 Å². The Balaban J connectivity index is 0.00000897. The molecule has 0 aliphatic carbocycles. The Hall–Kier alpha value is -6.85. The molecular weight excluding hydrogens is 1130 g/mol. The van der Waals surface area contributed by atoms with Gasteiger partial charge in [-0.3, -0.25) is 33.7 Å². The summed E-state index contributed by atoms with van der Waals surface area (Å²) in [6.45, 7) is 27.3. The number of likely N-dealkylation sites (N-methyl/N-ethyl adjacent to an activating group) is 2. The highest BCUT2D eigenvalue weighted by Gasteiger charge is 2.43. The largest absolute Gasteiger partial charge is 0.480 e. The number of hydrogen-bond acceptors (Lipinski definition) is 13. The summed E-state index contributed by atoms with van der Waals surface area (Å²) >= 11 is 0. The third kappa shape index (κ3) is 30.4. The zero-order valence-corrected chi connectivity index (χ0v) is 56.3. The van der Waals surface area contributed by atoms with Crippen LogP contribution in [0, 0.1) is 17.8 Å². The van der Waals surface area contributed by atoms with E-state index in [1.807, 2.05) is 71.7 Å². The minimum Gasteiger partial charge on any atom is -0.480 e. The Labute approximate surface area is 525 Å². The summed E-state index contributed by atoms with van der Waals surface area (Å²) in [5, 5.41) is 25.7. The smallest absolute Gasteiger partial charge is 0.408 e. The summed E-state index contributed by atoms with van der Waals surface area (Å²) in [5.41, 5.74) is 6.52. The number of urea groups is 1. The quantitative estimate of drug-likeness (QED) is 0.0334. The number of anilines is 1. The van der Waals surface area contributed by atoms with Gasteiger partial charge in [0.05, 0.1) is 49.2 Å². The molecule has 9 N–H and O–H groups in total. The maximum absolute atomic E-state index is 14.3. The number of nitrogens with one attached hydrogen (secondary N) is 6. The number of carboxylic acids is 1. The standard InChI is InChI=1S/C57H90N10O13.2C3H8.C2H6/c1-13-36(4)49(44(78-11)32-46(69)67-29-18-22-43(67)50(79-12)37(5)51(71)64-42(54(74)75)31-39-19-15-14-16-20-39)66(10)47(70)34-60-53(73)48(35(2)3)65(9)30-27-38-23-25-40(26-24-38)62-52(72)41(21-17-28-59-55(58)76)63-45(68)33-61-56(77)80-57(6,7)8;2*1-3-2;1-2/h14-16,19-20,23-26,35-37,41-44,48-50H,13,17-18,21-22,27-34H2,1-12H3,(H,60,73)(H,61,77)(H,62,72)(H,63,68)(H,64,71)(H,74,75)(H3,58,59,76);2*3H2,1-2H3;1-2H3/t36-,37+,41-,42-,43-,44+,48?,49?,50+;;;/m0.../s1. The number of nitrogens with zero attached hydrogens (tertiary/aromatic N) is 3. The fourth-order valence-electron chi connectivity index (χ4n) is 10.0. The molecule has 500 valence electrons. The third-order valence-electron chi connectivity index (χ3n) is 14.4. The minimum absolute atomic E-state index is 0.0737. The van der Waals surface area contributed by atoms with Gasteiger partial charge in [0, 0.05) is 53.0 Å². The van der Waals surface area contributed by atoms with E-state index in [2.05, 4.69) is 59.6 Å². The molecule has 0 spiro atoms. The molecule has 0 aromatic heterocycles. The predicted octanol–water partition coefficient (Wildman–Crippen LogP) is 7.29. The number of hydrogen-bond donors (Lipinski definition) is 8. The van der Waals surface area contributed by atoms with E-state index < -0.39 is 96.3 Å². The molecule has 1 aliphatic rings. The van der Waals surface area contributed by atoms with E-state index in [0.717, 1.165) is 11.1 Å². The molecule has 2 unspecified atom stereocenters. The van der Waals surface area contributed by atoms with Gasteiger partial charge in [0.15, 0.2) is 0 Å². The number of aliphatic carboxylic acids is 1. The molecule has 1 aliphatic heterocycles. The molecule has 23 nitrogen and oxygen atoms in total. The lowest BCUT2D eigenvalue weighted by molar-refractivity contribution is -0.147. The van der Waals surface area contributed by atoms with Gasteiger partial charge < -0.3 is 66.8 Å². The van der Waals surface area contributed by atoms with Crippen LogP contribution in [0.15, 0.2) is 54.6 Å². The highest BCUT2D eigenvalue weighted by molar-refractivity contribution is 5.97. The SMILES string of the molecule is CC.CCC.CCC.CC[C@H](C)C([C@@H](CC(=O)N1CCC[C@H]1[C@H](OC)[C@@H](C)C(=O)N[C@@H](Cc1ccccc1)C(=O)O)OC)N(C)C(=O)CNC(=O)C(C(C)C)N(C)CCc1ccc(NC(=O)[C@H](CCCNC(N)=O)NC(=O)CNC(=O)OC(C)(C)C)cc1. The molecule has 1 fully saturated rings. The van der Waals surface area contributed by atoms with Gasteiger partial charge in [-0.15, -0.1) is 0 Å². The maximum Gasteiger partial charge on any atom is 0.408 e. The van der Waals surface area contributed by atoms with Crippen molar-refractivity contribution in [3.63, 3.8) is 0 Å². The second-order valence-corrected chi connectivity index (χ2v) is 23.4. The fraction of sp³-hybridized carbons (Fsp3) is 0.677. The second kappa shape index (κ2) is 43.7. The predicted molar refractivity (Wildman–Crippen MR) is 345 cm³/mol. The third-order valence-corrected chi connectivity index (χ3v) is 14.4. The number of rotatable bonds is 32. The van der Waals surface area contributed by atoms with Crippen LogP contribution >= 0.6 is 0 Å². The number of carbonyl (C=O) groups is 9. The van der Waals surface area contributed by atoms with Crippen molar-refractivity contribution in [2.24, 2.45) is 23.5 Å². The van der Waals surface area contributed by atoms with Crippen LogP contribution in [0.5, 0.6) is 0 Å². The van der Waals surface area contributed by atoms with Gasteiger partial charge in [0.1, 0.15) is 24.2 Å². The summed E-state index contributed by atoms with van der Waals surface area (Å²) in [7, 11) is 6.45. The monoisotopic (exact) mass is 1240 g/mol. The Bertz CT molecular complexity index is 2390. The molecule has 0 saturated carbocycles. The van der Waals surface area contributed by atoms with Crippen molar-refractivity contribution < 1.29 is 62.5 Å². The Morgan fingerprint density at radius 3 is 1.89 bits per heavy atom. The average molecular weight is 1240 g/mol. The molecule has 23 heteroatoms. The van der Waals surface area contributed by atoms with Crippen molar-refractivity contribution >= 4 is 59.2 Å². The van der Waals surface area contributed by atoms with E-state index in [0.29, 0.717) is 50.9 Å². The van der Waals surface area contributed by atoms with Crippen molar-refractivity contribution in [3.05, 3.63) is 65.7 Å². The zero-order valence-electron chi connectivity index (χ0n) is 56.3. The van der Waals surface area contributed by atoms with Crippen molar-refractivity contribution in [2.45, 2.75) is 209 Å². The Morgan fingerprint density at radius 1 is 0.761 bits per heavy atom. The van der Waals surface area contributed by atoms with Gasteiger partial charge in [-0.2, -0.15) is 0 Å². The molecule has 3 rings (SSSR count). The summed E-state index contributed by atoms with van der Waals surface area (Å²) in [6, 6.07) is 11.6. The highest BCUT2D eigenvalue weighted by atomic mass is 16.6. The summed E-state index contributed by atoms with van der Waals surface area (Å²) in [5.74, 6) is -4.81. The van der Waals surface area contributed by atoms with Crippen LogP contribution in [0.3, 0.4) is 0 Å². The normalized spacial score (nSPS) is 15.4. The van der Waals surface area contributed by atoms with Crippen LogP contribution in [0.25, 0.3) is 0 Å². The molecule has 1 saturated heterocycles. The fourth-order valence-corrected chi connectivity index (χ4v) is 10.0. The van der Waals surface area contributed by atoms with Crippen LogP contribution in [0.1, 0.15) is 159 Å². The van der Waals surface area contributed by atoms with Crippen LogP contribution in [0.2, 0.25) is 0 Å². The van der Waals surface area contributed by atoms with Crippen LogP contribution < -0.4 is 37.6 Å². The molecule has 9 amide bonds. The first-order chi connectivity index (χ1) is 41.5. The van der Waals surface area contributed by atoms with Gasteiger partial charge in [-0.25, -0.2) is 14.4 Å². The maximum atomic E-state index is 14.3. The number of amides is 9. The zero-order chi connectivity index (χ0) is 67.3. The molecule has 0 bridgehead atoms. The van der Waals surface area contributed by atoms with E-state index in [1.165, 1.54) is 27.1 Å². The first-order valence-electron chi connectivity index (χ1n) is 31.4. The first kappa shape index (κ1) is 81.2. The van der Waals surface area contributed by atoms with Gasteiger partial charge in [0.2, 0.25) is 35.4 Å². The number of nitrogens with two attached hydrogens (primary N) is 1. The van der Waals surface area contributed by atoms with Crippen molar-refractivity contribution in [2.75, 3.05) is 66.4 Å². The molecule has 88 heavy (non-hydrogen) atoms. The number of methoxy groups -OCH3 is 2. The average Bonchev–Trinajstić information content (AvgIpc) is 3.12. The van der Waals surface area contributed by atoms with Gasteiger partial charge in [-0.05, 0) is 95.0 Å². The van der Waals surface area contributed by atoms with E-state index in [4.69, 9.17) is 19.9 Å². The lowest BCUT2D eigenvalue weighted by atomic mass is 9.90. The van der Waals surface area contributed by atoms with Crippen molar-refractivity contribution in [1.29, 1.82) is 0 Å². The number of carbonyl (C=O) groups excluding carboxylic acids is 8. The van der Waals surface area contributed by atoms with E-state index in [-0.39, 0.29) is 61.9 Å². The van der Waals surface area contributed by atoms with Gasteiger partial charge >= 0.3 is 18.1 Å².